The standard InChI is InChI=1S/C14H18Cl2N2O.ClH/c1-14(6-3-7-17-8-14)9-18-13(19)12-10(15)4-2-5-11(12)16;/h2,4-5,17H,3,6-9H2,1H3,(H,18,19);1H. The van der Waals surface area contributed by atoms with Gasteiger partial charge in [0.05, 0.1) is 15.6 Å². The third-order valence-electron chi connectivity index (χ3n) is 3.55. The number of amides is 1. The fraction of sp³-hybridized carbons (Fsp3) is 0.500. The molecule has 0 bridgehead atoms. The van der Waals surface area contributed by atoms with Gasteiger partial charge in [0.25, 0.3) is 5.91 Å². The maximum absolute atomic E-state index is 12.2. The Kier molecular flexibility index (Phi) is 6.59. The quantitative estimate of drug-likeness (QED) is 0.886. The maximum Gasteiger partial charge on any atom is 0.254 e. The van der Waals surface area contributed by atoms with Crippen LogP contribution >= 0.6 is 35.6 Å². The van der Waals surface area contributed by atoms with Crippen molar-refractivity contribution in [3.63, 3.8) is 0 Å². The van der Waals surface area contributed by atoms with Crippen molar-refractivity contribution in [2.24, 2.45) is 5.41 Å². The zero-order chi connectivity index (χ0) is 13.9. The molecule has 2 rings (SSSR count). The molecule has 0 spiro atoms. The lowest BCUT2D eigenvalue weighted by Gasteiger charge is -2.34. The van der Waals surface area contributed by atoms with Crippen LogP contribution < -0.4 is 10.6 Å². The molecular formula is C14H19Cl3N2O. The summed E-state index contributed by atoms with van der Waals surface area (Å²) in [5, 5.41) is 7.07. The zero-order valence-corrected chi connectivity index (χ0v) is 13.7. The molecule has 0 aromatic heterocycles. The second kappa shape index (κ2) is 7.51. The number of halogens is 3. The van der Waals surface area contributed by atoms with Gasteiger partial charge in [-0.25, -0.2) is 0 Å². The van der Waals surface area contributed by atoms with Crippen molar-refractivity contribution in [2.45, 2.75) is 19.8 Å². The Bertz CT molecular complexity index is 453. The van der Waals surface area contributed by atoms with E-state index >= 15 is 0 Å². The molecule has 112 valence electrons. The summed E-state index contributed by atoms with van der Waals surface area (Å²) in [6.45, 7) is 4.78. The van der Waals surface area contributed by atoms with E-state index < -0.39 is 0 Å². The second-order valence-corrected chi connectivity index (χ2v) is 6.18. The predicted molar refractivity (Wildman–Crippen MR) is 86.3 cm³/mol. The lowest BCUT2D eigenvalue weighted by atomic mass is 9.83. The molecule has 1 aromatic carbocycles. The fourth-order valence-electron chi connectivity index (χ4n) is 2.37. The van der Waals surface area contributed by atoms with Crippen LogP contribution in [0.25, 0.3) is 0 Å². The number of nitrogens with one attached hydrogen (secondary N) is 2. The molecule has 1 aromatic rings. The first-order chi connectivity index (χ1) is 9.02. The molecule has 1 saturated heterocycles. The molecule has 6 heteroatoms. The minimum Gasteiger partial charge on any atom is -0.351 e. The number of piperidine rings is 1. The Morgan fingerprint density at radius 2 is 2.05 bits per heavy atom. The van der Waals surface area contributed by atoms with Gasteiger partial charge in [0, 0.05) is 13.1 Å². The van der Waals surface area contributed by atoms with E-state index in [1.54, 1.807) is 18.2 Å². The minimum absolute atomic E-state index is 0. The topological polar surface area (TPSA) is 41.1 Å². The van der Waals surface area contributed by atoms with Gasteiger partial charge in [-0.1, -0.05) is 36.2 Å². The van der Waals surface area contributed by atoms with E-state index in [-0.39, 0.29) is 23.7 Å². The molecule has 1 heterocycles. The fourth-order valence-corrected chi connectivity index (χ4v) is 2.94. The Labute approximate surface area is 135 Å². The van der Waals surface area contributed by atoms with E-state index in [2.05, 4.69) is 17.6 Å². The molecule has 1 aliphatic rings. The van der Waals surface area contributed by atoms with Crippen molar-refractivity contribution >= 4 is 41.5 Å². The number of hydrogen-bond acceptors (Lipinski definition) is 2. The van der Waals surface area contributed by atoms with E-state index in [0.29, 0.717) is 22.2 Å². The van der Waals surface area contributed by atoms with Gasteiger partial charge < -0.3 is 10.6 Å². The van der Waals surface area contributed by atoms with Crippen molar-refractivity contribution in [1.82, 2.24) is 10.6 Å². The highest BCUT2D eigenvalue weighted by molar-refractivity contribution is 6.39. The van der Waals surface area contributed by atoms with Crippen molar-refractivity contribution in [3.8, 4) is 0 Å². The van der Waals surface area contributed by atoms with Crippen LogP contribution in [0, 0.1) is 5.41 Å². The van der Waals surface area contributed by atoms with Crippen LogP contribution in [0.1, 0.15) is 30.1 Å². The monoisotopic (exact) mass is 336 g/mol. The predicted octanol–water partition coefficient (Wildman–Crippen LogP) is 3.53. The summed E-state index contributed by atoms with van der Waals surface area (Å²) in [6, 6.07) is 5.08. The summed E-state index contributed by atoms with van der Waals surface area (Å²) in [4.78, 5) is 12.2. The molecular weight excluding hydrogens is 319 g/mol. The summed E-state index contributed by atoms with van der Waals surface area (Å²) >= 11 is 12.0. The molecule has 20 heavy (non-hydrogen) atoms. The highest BCUT2D eigenvalue weighted by Gasteiger charge is 2.27. The van der Waals surface area contributed by atoms with Crippen LogP contribution in [-0.2, 0) is 0 Å². The van der Waals surface area contributed by atoms with E-state index in [1.807, 2.05) is 0 Å². The van der Waals surface area contributed by atoms with Gasteiger partial charge in [-0.2, -0.15) is 0 Å². The summed E-state index contributed by atoms with van der Waals surface area (Å²) in [7, 11) is 0. The molecule has 1 atom stereocenters. The van der Waals surface area contributed by atoms with Gasteiger partial charge >= 0.3 is 0 Å². The molecule has 1 amide bonds. The summed E-state index contributed by atoms with van der Waals surface area (Å²) in [5.41, 5.74) is 0.458. The zero-order valence-electron chi connectivity index (χ0n) is 11.3. The number of carbonyl (C=O) groups excluding carboxylic acids is 1. The van der Waals surface area contributed by atoms with Crippen LogP contribution in [0.4, 0.5) is 0 Å². The third kappa shape index (κ3) is 4.26. The number of carbonyl (C=O) groups is 1. The van der Waals surface area contributed by atoms with E-state index in [9.17, 15) is 4.79 Å². The molecule has 3 nitrogen and oxygen atoms in total. The molecule has 2 N–H and O–H groups in total. The van der Waals surface area contributed by atoms with Crippen LogP contribution in [-0.4, -0.2) is 25.5 Å². The van der Waals surface area contributed by atoms with Gasteiger partial charge in [0.1, 0.15) is 0 Å². The summed E-state index contributed by atoms with van der Waals surface area (Å²) in [5.74, 6) is -0.206. The molecule has 1 aliphatic heterocycles. The van der Waals surface area contributed by atoms with Crippen molar-refractivity contribution in [2.75, 3.05) is 19.6 Å². The van der Waals surface area contributed by atoms with Crippen molar-refractivity contribution in [3.05, 3.63) is 33.8 Å². The number of benzene rings is 1. The normalized spacial score (nSPS) is 21.9. The average molecular weight is 338 g/mol. The maximum atomic E-state index is 12.2. The first-order valence-electron chi connectivity index (χ1n) is 6.45. The molecule has 1 unspecified atom stereocenters. The lowest BCUT2D eigenvalue weighted by molar-refractivity contribution is 0.0925. The Morgan fingerprint density at radius 3 is 2.60 bits per heavy atom. The molecule has 1 fully saturated rings. The van der Waals surface area contributed by atoms with Gasteiger partial charge in [0.15, 0.2) is 0 Å². The first kappa shape index (κ1) is 17.6. The summed E-state index contributed by atoms with van der Waals surface area (Å²) < 4.78 is 0. The number of rotatable bonds is 3. The van der Waals surface area contributed by atoms with Gasteiger partial charge in [-0.05, 0) is 36.9 Å². The third-order valence-corrected chi connectivity index (χ3v) is 4.18. The van der Waals surface area contributed by atoms with Crippen molar-refractivity contribution in [1.29, 1.82) is 0 Å². The second-order valence-electron chi connectivity index (χ2n) is 5.37. The lowest BCUT2D eigenvalue weighted by Crippen LogP contribution is -2.45. The highest BCUT2D eigenvalue weighted by atomic mass is 35.5. The first-order valence-corrected chi connectivity index (χ1v) is 7.20. The van der Waals surface area contributed by atoms with Crippen LogP contribution in [0.3, 0.4) is 0 Å². The highest BCUT2D eigenvalue weighted by Crippen LogP contribution is 2.26. The largest absolute Gasteiger partial charge is 0.351 e. The van der Waals surface area contributed by atoms with Gasteiger partial charge in [0.2, 0.25) is 0 Å². The number of hydrogen-bond donors (Lipinski definition) is 2. The molecule has 0 aliphatic carbocycles. The van der Waals surface area contributed by atoms with E-state index in [4.69, 9.17) is 23.2 Å². The Morgan fingerprint density at radius 1 is 1.40 bits per heavy atom. The Balaban J connectivity index is 0.00000200. The van der Waals surface area contributed by atoms with Crippen LogP contribution in [0.2, 0.25) is 10.0 Å². The van der Waals surface area contributed by atoms with Gasteiger partial charge in [-0.3, -0.25) is 4.79 Å². The molecule has 0 saturated carbocycles. The van der Waals surface area contributed by atoms with E-state index in [0.717, 1.165) is 25.9 Å². The summed E-state index contributed by atoms with van der Waals surface area (Å²) in [6.07, 6.45) is 2.25. The van der Waals surface area contributed by atoms with E-state index in [1.165, 1.54) is 0 Å². The average Bonchev–Trinajstić information content (AvgIpc) is 2.37. The SMILES string of the molecule is CC1(CNC(=O)c2c(Cl)cccc2Cl)CCCNC1.Cl. The minimum atomic E-state index is -0.206. The van der Waals surface area contributed by atoms with Crippen LogP contribution in [0.15, 0.2) is 18.2 Å². The van der Waals surface area contributed by atoms with Crippen molar-refractivity contribution < 1.29 is 4.79 Å². The Hall–Kier alpha value is -0.480. The molecule has 0 radical (unpaired) electrons. The van der Waals surface area contributed by atoms with Crippen LogP contribution in [0.5, 0.6) is 0 Å². The van der Waals surface area contributed by atoms with Gasteiger partial charge in [-0.15, -0.1) is 12.4 Å². The smallest absolute Gasteiger partial charge is 0.254 e.